The lowest BCUT2D eigenvalue weighted by atomic mass is 9.95. The Bertz CT molecular complexity index is 4060. The Morgan fingerprint density at radius 2 is 0.514 bits per heavy atom. The van der Waals surface area contributed by atoms with Gasteiger partial charge in [0.2, 0.25) is 0 Å². The van der Waals surface area contributed by atoms with E-state index in [1.807, 2.05) is 0 Å². The smallest absolute Gasteiger partial charge is 0.326 e. The Morgan fingerprint density at radius 3 is 0.697 bits per heavy atom. The van der Waals surface area contributed by atoms with Gasteiger partial charge in [0.15, 0.2) is 47.3 Å². The molecule has 11 fully saturated rings. The Labute approximate surface area is 630 Å². The van der Waals surface area contributed by atoms with Gasteiger partial charge in [-0.1, -0.05) is 0 Å². The number of nitrogens with zero attached hydrogens (tertiary/aromatic N) is 16. The van der Waals surface area contributed by atoms with Gasteiger partial charge in [-0.25, -0.2) is 38.4 Å². The predicted molar refractivity (Wildman–Crippen MR) is 375 cm³/mol. The molecule has 109 heavy (non-hydrogen) atoms. The maximum atomic E-state index is 15.7. The lowest BCUT2D eigenvalue weighted by molar-refractivity contribution is -0.894. The van der Waals surface area contributed by atoms with E-state index in [1.54, 1.807) is 56.9 Å². The number of fused-ring (bicyclic) bond motifs is 2. The molecule has 600 valence electrons. The summed E-state index contributed by atoms with van der Waals surface area (Å²) in [6, 6.07) is 0.751. The lowest BCUT2D eigenvalue weighted by Gasteiger charge is -2.49. The largest absolute Gasteiger partial charge is 0.493 e. The molecular weight excluding hydrogens is 1520 g/mol. The quantitative estimate of drug-likeness (QED) is 0.0623. The molecular formula is C64H92N17O24S4+. The van der Waals surface area contributed by atoms with E-state index in [1.165, 1.54) is 98.0 Å². The van der Waals surface area contributed by atoms with E-state index >= 15 is 38.4 Å². The van der Waals surface area contributed by atoms with Crippen molar-refractivity contribution < 1.29 is 114 Å². The highest BCUT2D eigenvalue weighted by Crippen LogP contribution is 2.60. The molecule has 0 atom stereocenters. The molecule has 0 unspecified atom stereocenters. The number of nitrogens with one attached hydrogen (secondary N) is 1. The van der Waals surface area contributed by atoms with Gasteiger partial charge in [0.1, 0.15) is 63.0 Å². The number of hydrogen-bond donors (Lipinski definition) is 5. The van der Waals surface area contributed by atoms with E-state index < -0.39 is 199 Å². The summed E-state index contributed by atoms with van der Waals surface area (Å²) in [5, 5.41) is 0. The van der Waals surface area contributed by atoms with Crippen LogP contribution in [0, 0.1) is 0 Å². The molecule has 0 radical (unpaired) electrons. The molecule has 5 N–H and O–H groups in total. The van der Waals surface area contributed by atoms with Crippen LogP contribution in [0.25, 0.3) is 0 Å². The molecule has 16 amide bonds. The summed E-state index contributed by atoms with van der Waals surface area (Å²) in [5.41, 5.74) is -5.06. The molecule has 15 rings (SSSR count). The number of quaternary nitrogens is 1. The number of hydrogen-bond acceptors (Lipinski definition) is 20. The molecule has 41 nitrogen and oxygen atoms in total. The fourth-order valence-corrected chi connectivity index (χ4v) is 20.5. The van der Waals surface area contributed by atoms with Crippen molar-refractivity contribution >= 4 is 88.7 Å². The first-order valence-corrected chi connectivity index (χ1v) is 42.8. The monoisotopic (exact) mass is 1610 g/mol. The average molecular weight is 1610 g/mol. The zero-order valence-electron chi connectivity index (χ0n) is 61.4. The number of urea groups is 8. The molecule has 0 bridgehead atoms. The van der Waals surface area contributed by atoms with Crippen molar-refractivity contribution in [2.24, 2.45) is 0 Å². The number of carbonyl (C=O) groups excluding carboxylic acids is 8. The van der Waals surface area contributed by atoms with E-state index in [0.29, 0.717) is 22.3 Å². The molecule has 2 aromatic rings. The Hall–Kier alpha value is -8.60. The van der Waals surface area contributed by atoms with Crippen molar-refractivity contribution in [1.29, 1.82) is 0 Å². The van der Waals surface area contributed by atoms with Crippen LogP contribution in [0.4, 0.5) is 38.4 Å². The zero-order valence-corrected chi connectivity index (χ0v) is 64.6. The van der Waals surface area contributed by atoms with E-state index in [9.17, 15) is 51.9 Å². The SMILES string of the molecule is CC12N3Cc4c(OCCCCS(=O)(=O)O)ccc(OCCCCS(=O)(=O)O)c4CN1C(=O)N1CN4C(=O)N5CN6C(=O)N7CN8C(=O)N9Cc%10c(OCCCCS(=O)(=O)O)ccc(OCCCCS(=O)(=O)O)c%10CN%10C(=O)N(CN%11C(=O)N(CN%12C(=O)N(CN(C3=O)C12C)C4C%125)C6C%117)C8(C)C%109C.CC[NH+](CC)CC. The highest BCUT2D eigenvalue weighted by molar-refractivity contribution is 7.86. The fraction of sp³-hybridized carbons (Fsp3) is 0.688. The van der Waals surface area contributed by atoms with Crippen LogP contribution in [0.1, 0.15) is 122 Å². The summed E-state index contributed by atoms with van der Waals surface area (Å²) >= 11 is 0. The lowest BCUT2D eigenvalue weighted by Crippen LogP contribution is -3.11. The number of amides is 16. The molecule has 0 aliphatic carbocycles. The normalized spacial score (nSPS) is 27.7. The summed E-state index contributed by atoms with van der Waals surface area (Å²) in [6.07, 6.45) is -4.21. The molecule has 0 aromatic heterocycles. The highest BCUT2D eigenvalue weighted by Gasteiger charge is 2.80. The van der Waals surface area contributed by atoms with E-state index in [0.717, 1.165) is 0 Å². The minimum atomic E-state index is -4.28. The summed E-state index contributed by atoms with van der Waals surface area (Å²) in [7, 11) is -17.1. The molecule has 13 aliphatic heterocycles. The maximum absolute atomic E-state index is 15.7. The van der Waals surface area contributed by atoms with Crippen LogP contribution in [0.15, 0.2) is 24.3 Å². The van der Waals surface area contributed by atoms with Crippen LogP contribution >= 0.6 is 0 Å². The van der Waals surface area contributed by atoms with Crippen molar-refractivity contribution in [2.45, 2.75) is 173 Å². The predicted octanol–water partition coefficient (Wildman–Crippen LogP) is 1.39. The van der Waals surface area contributed by atoms with Crippen molar-refractivity contribution in [3.8, 4) is 23.0 Å². The van der Waals surface area contributed by atoms with E-state index in [4.69, 9.17) is 18.9 Å². The molecule has 13 aliphatic rings. The summed E-state index contributed by atoms with van der Waals surface area (Å²) < 4.78 is 155. The van der Waals surface area contributed by atoms with Gasteiger partial charge >= 0.3 is 48.2 Å². The second-order valence-electron chi connectivity index (χ2n) is 29.9. The van der Waals surface area contributed by atoms with Crippen molar-refractivity contribution in [1.82, 2.24) is 78.4 Å². The molecule has 0 spiro atoms. The number of benzene rings is 2. The zero-order chi connectivity index (χ0) is 78.5. The van der Waals surface area contributed by atoms with Crippen molar-refractivity contribution in [3.05, 3.63) is 46.5 Å². The number of rotatable bonds is 27. The third-order valence-corrected chi connectivity index (χ3v) is 27.6. The first-order valence-electron chi connectivity index (χ1n) is 36.4. The summed E-state index contributed by atoms with van der Waals surface area (Å²) in [5.74, 6) is -1.13. The molecule has 45 heteroatoms. The Morgan fingerprint density at radius 1 is 0.321 bits per heavy atom. The number of unbranched alkanes of at least 4 members (excludes halogenated alkanes) is 4. The minimum Gasteiger partial charge on any atom is -0.493 e. The third-order valence-electron chi connectivity index (χ3n) is 24.4. The minimum absolute atomic E-state index is 0.0405. The molecule has 0 saturated carbocycles. The molecule has 13 heterocycles. The van der Waals surface area contributed by atoms with Crippen molar-refractivity contribution in [3.63, 3.8) is 0 Å². The van der Waals surface area contributed by atoms with Gasteiger partial charge in [-0.2, -0.15) is 33.7 Å². The second-order valence-corrected chi connectivity index (χ2v) is 36.2. The van der Waals surface area contributed by atoms with Crippen LogP contribution in [-0.4, -0.2) is 335 Å². The van der Waals surface area contributed by atoms with Gasteiger partial charge in [0.25, 0.3) is 40.5 Å². The summed E-state index contributed by atoms with van der Waals surface area (Å²) in [6.45, 7) is 12.8. The van der Waals surface area contributed by atoms with Crippen LogP contribution in [0.3, 0.4) is 0 Å². The van der Waals surface area contributed by atoms with Crippen molar-refractivity contribution in [2.75, 3.05) is 109 Å². The Balaban J connectivity index is 0.00000135. The van der Waals surface area contributed by atoms with E-state index in [2.05, 4.69) is 20.8 Å². The number of carbonyl (C=O) groups is 8. The van der Waals surface area contributed by atoms with Gasteiger partial charge < -0.3 is 23.8 Å². The fourth-order valence-electron chi connectivity index (χ4n) is 18.2. The standard InChI is InChI=1S/C58H76N16O24S4.C6H15N/c1-55-57(3)71-31-63-45-43-59(47(63)75)29-61-44-46-65(49(61)77)33-73-53(81)69-27-37-38(42(98-20-8-12-24-102(92,93)94)16-15-41(37)97-19-7-11-23-101(89,90)91)28-70-54(82)74(58(73,4)56(69,70)2)34-66(46)50(78)62(44)30-60(43)48(76)64(45)32-72(57)52(80)68(55)26-36-35(25-67(55)51(71)79)39(95-17-5-9-21-99(83,84)85)13-14-40(36)96-18-6-10-22-100(86,87)88;1-4-7(5-2)6-3/h13-16,43-46H,5-12,17-34H2,1-4H3,(H,83,84,85)(H,86,87,88)(H,89,90,91)(H,92,93,94);4-6H2,1-3H3/p+1. The first kappa shape index (κ1) is 77.1. The molecule has 2 aromatic carbocycles. The number of ether oxygens (including phenoxy) is 4. The van der Waals surface area contributed by atoms with Crippen LogP contribution in [-0.2, 0) is 66.7 Å². The van der Waals surface area contributed by atoms with Gasteiger partial charge in [-0.05, 0) is 124 Å². The van der Waals surface area contributed by atoms with Crippen LogP contribution in [0.5, 0.6) is 23.0 Å². The first-order chi connectivity index (χ1) is 51.3. The average Bonchev–Trinajstić information content (AvgIpc) is 1.49. The van der Waals surface area contributed by atoms with Gasteiger partial charge in [-0.15, -0.1) is 0 Å². The van der Waals surface area contributed by atoms with Gasteiger partial charge in [0.05, 0.1) is 95.3 Å². The third kappa shape index (κ3) is 12.3. The van der Waals surface area contributed by atoms with Crippen LogP contribution in [0.2, 0.25) is 0 Å². The highest BCUT2D eigenvalue weighted by atomic mass is 32.2. The van der Waals surface area contributed by atoms with Gasteiger partial charge in [0, 0.05) is 22.3 Å². The second kappa shape index (κ2) is 27.4. The topological polar surface area (TPSA) is 447 Å². The summed E-state index contributed by atoms with van der Waals surface area (Å²) in [4.78, 5) is 149. The Kier molecular flexibility index (Phi) is 19.4. The van der Waals surface area contributed by atoms with Gasteiger partial charge in [-0.3, -0.25) is 96.6 Å². The maximum Gasteiger partial charge on any atom is 0.326 e. The van der Waals surface area contributed by atoms with E-state index in [-0.39, 0.29) is 127 Å². The molecule has 11 saturated heterocycles. The van der Waals surface area contributed by atoms with Crippen LogP contribution < -0.4 is 23.8 Å².